The Bertz CT molecular complexity index is 797. The molecule has 0 spiro atoms. The Morgan fingerprint density at radius 1 is 1.03 bits per heavy atom. The van der Waals surface area contributed by atoms with Crippen LogP contribution >= 0.6 is 0 Å². The van der Waals surface area contributed by atoms with Gasteiger partial charge in [0.15, 0.2) is 17.2 Å². The predicted molar refractivity (Wildman–Crippen MR) is 120 cm³/mol. The molecule has 0 N–H and O–H groups in total. The third kappa shape index (κ3) is 3.43. The van der Waals surface area contributed by atoms with E-state index >= 15 is 0 Å². The van der Waals surface area contributed by atoms with Crippen molar-refractivity contribution in [3.05, 3.63) is 11.6 Å². The van der Waals surface area contributed by atoms with E-state index in [-0.39, 0.29) is 28.4 Å². The molecule has 4 heteroatoms. The van der Waals surface area contributed by atoms with E-state index in [2.05, 4.69) is 20.8 Å². The maximum atomic E-state index is 13.1. The van der Waals surface area contributed by atoms with Gasteiger partial charge in [0.25, 0.3) is 0 Å². The lowest BCUT2D eigenvalue weighted by Gasteiger charge is -2.59. The minimum absolute atomic E-state index is 0.0330. The molecule has 0 aromatic heterocycles. The molecule has 4 aliphatic rings. The van der Waals surface area contributed by atoms with Crippen LogP contribution in [0.4, 0.5) is 0 Å². The highest BCUT2D eigenvalue weighted by atomic mass is 16.6. The number of fused-ring (bicyclic) bond motifs is 5. The second-order valence-corrected chi connectivity index (χ2v) is 11.3. The lowest BCUT2D eigenvalue weighted by atomic mass is 9.46. The molecule has 31 heavy (non-hydrogen) atoms. The predicted octanol–water partition coefficient (Wildman–Crippen LogP) is 5.97. The Morgan fingerprint density at radius 2 is 1.77 bits per heavy atom. The molecule has 4 aliphatic carbocycles. The van der Waals surface area contributed by atoms with Gasteiger partial charge in [0.2, 0.25) is 0 Å². The minimum Gasteiger partial charge on any atom is -0.450 e. The lowest BCUT2D eigenvalue weighted by molar-refractivity contribution is -0.189. The summed E-state index contributed by atoms with van der Waals surface area (Å²) >= 11 is 0. The molecule has 4 nitrogen and oxygen atoms in total. The summed E-state index contributed by atoms with van der Waals surface area (Å²) in [5, 5.41) is 0. The van der Waals surface area contributed by atoms with Crippen LogP contribution < -0.4 is 0 Å². The van der Waals surface area contributed by atoms with Gasteiger partial charge in [-0.1, -0.05) is 39.2 Å². The molecule has 0 radical (unpaired) electrons. The third-order valence-electron chi connectivity index (χ3n) is 9.92. The molecular formula is C27H40O4. The first-order chi connectivity index (χ1) is 14.7. The van der Waals surface area contributed by atoms with Crippen LogP contribution in [0.1, 0.15) is 105 Å². The summed E-state index contributed by atoms with van der Waals surface area (Å²) in [7, 11) is 0. The molecule has 0 bridgehead atoms. The van der Waals surface area contributed by atoms with Crippen molar-refractivity contribution in [1.29, 1.82) is 0 Å². The number of Topliss-reactive ketones (excluding diaryl/α,β-unsaturated/α-hetero) is 1. The summed E-state index contributed by atoms with van der Waals surface area (Å²) in [5.74, 6) is 1.66. The summed E-state index contributed by atoms with van der Waals surface area (Å²) in [4.78, 5) is 37.8. The number of unbranched alkanes of at least 4 members (excludes halogenated alkanes) is 2. The highest BCUT2D eigenvalue weighted by Crippen LogP contribution is 2.68. The van der Waals surface area contributed by atoms with Gasteiger partial charge in [0.1, 0.15) is 0 Å². The molecule has 0 aliphatic heterocycles. The fourth-order valence-corrected chi connectivity index (χ4v) is 8.14. The molecule has 0 amide bonds. The highest BCUT2D eigenvalue weighted by molar-refractivity contribution is 5.91. The van der Waals surface area contributed by atoms with E-state index < -0.39 is 5.60 Å². The summed E-state index contributed by atoms with van der Waals surface area (Å²) in [6, 6.07) is 0. The van der Waals surface area contributed by atoms with E-state index in [9.17, 15) is 14.4 Å². The van der Waals surface area contributed by atoms with Crippen molar-refractivity contribution in [3.8, 4) is 0 Å². The monoisotopic (exact) mass is 428 g/mol. The Kier molecular flexibility index (Phi) is 5.98. The van der Waals surface area contributed by atoms with E-state index in [1.807, 2.05) is 6.08 Å². The fourth-order valence-electron chi connectivity index (χ4n) is 8.14. The van der Waals surface area contributed by atoms with Crippen LogP contribution in [0.3, 0.4) is 0 Å². The van der Waals surface area contributed by atoms with Gasteiger partial charge in [-0.05, 0) is 87.5 Å². The Balaban J connectivity index is 1.59. The molecule has 4 rings (SSSR count). The maximum Gasteiger partial charge on any atom is 0.306 e. The average molecular weight is 429 g/mol. The number of rotatable bonds is 6. The smallest absolute Gasteiger partial charge is 0.306 e. The summed E-state index contributed by atoms with van der Waals surface area (Å²) in [5.41, 5.74) is 0.261. The molecule has 172 valence electrons. The number of ether oxygens (including phenoxy) is 1. The van der Waals surface area contributed by atoms with Crippen molar-refractivity contribution in [2.75, 3.05) is 0 Å². The highest BCUT2D eigenvalue weighted by Gasteiger charge is 2.67. The number of carbonyl (C=O) groups excluding carboxylic acids is 3. The van der Waals surface area contributed by atoms with E-state index in [4.69, 9.17) is 4.74 Å². The first-order valence-corrected chi connectivity index (χ1v) is 12.6. The molecule has 6 atom stereocenters. The number of carbonyl (C=O) groups is 3. The quantitative estimate of drug-likeness (QED) is 0.386. The summed E-state index contributed by atoms with van der Waals surface area (Å²) < 4.78 is 6.16. The summed E-state index contributed by atoms with van der Waals surface area (Å²) in [6.07, 6.45) is 12.6. The zero-order chi connectivity index (χ0) is 22.4. The van der Waals surface area contributed by atoms with Crippen LogP contribution in [-0.2, 0) is 19.1 Å². The number of hydrogen-bond donors (Lipinski definition) is 0. The van der Waals surface area contributed by atoms with Crippen molar-refractivity contribution < 1.29 is 19.1 Å². The van der Waals surface area contributed by atoms with Crippen molar-refractivity contribution in [3.63, 3.8) is 0 Å². The molecule has 0 heterocycles. The van der Waals surface area contributed by atoms with E-state index in [0.29, 0.717) is 37.0 Å². The molecule has 0 unspecified atom stereocenters. The number of allylic oxidation sites excluding steroid dienone is 1. The molecular weight excluding hydrogens is 388 g/mol. The van der Waals surface area contributed by atoms with Crippen LogP contribution in [0, 0.1) is 28.6 Å². The van der Waals surface area contributed by atoms with Crippen LogP contribution in [0.5, 0.6) is 0 Å². The van der Waals surface area contributed by atoms with Gasteiger partial charge >= 0.3 is 5.97 Å². The number of hydrogen-bond acceptors (Lipinski definition) is 4. The van der Waals surface area contributed by atoms with Crippen molar-refractivity contribution in [1.82, 2.24) is 0 Å². The van der Waals surface area contributed by atoms with Gasteiger partial charge in [0.05, 0.1) is 0 Å². The molecule has 0 aromatic rings. The van der Waals surface area contributed by atoms with Crippen molar-refractivity contribution in [2.45, 2.75) is 110 Å². The minimum atomic E-state index is -0.953. The maximum absolute atomic E-state index is 13.1. The Labute approximate surface area is 187 Å². The fraction of sp³-hybridized carbons (Fsp3) is 0.815. The second kappa shape index (κ2) is 8.15. The number of ketones is 2. The van der Waals surface area contributed by atoms with Crippen LogP contribution in [0.15, 0.2) is 11.6 Å². The van der Waals surface area contributed by atoms with E-state index in [1.54, 1.807) is 6.92 Å². The molecule has 0 aromatic carbocycles. The van der Waals surface area contributed by atoms with Gasteiger partial charge in [-0.25, -0.2) is 0 Å². The van der Waals surface area contributed by atoms with Crippen LogP contribution in [0.25, 0.3) is 0 Å². The first kappa shape index (κ1) is 22.7. The molecule has 3 fully saturated rings. The number of esters is 1. The largest absolute Gasteiger partial charge is 0.450 e. The SMILES string of the molecule is CCCCCC(=O)O[C@]1(C(C)=O)CC[C@H]2[C@@H]3CCC4=CC(=O)CC[C@@]4(C)[C@@H]3CC[C@@]21C. The van der Waals surface area contributed by atoms with Gasteiger partial charge in [0, 0.05) is 18.3 Å². The first-order valence-electron chi connectivity index (χ1n) is 12.6. The Hall–Kier alpha value is -1.45. The van der Waals surface area contributed by atoms with Gasteiger partial charge in [-0.2, -0.15) is 0 Å². The summed E-state index contributed by atoms with van der Waals surface area (Å²) in [6.45, 7) is 8.37. The zero-order valence-electron chi connectivity index (χ0n) is 19.9. The third-order valence-corrected chi connectivity index (χ3v) is 9.92. The van der Waals surface area contributed by atoms with Gasteiger partial charge in [-0.15, -0.1) is 0 Å². The average Bonchev–Trinajstić information content (AvgIpc) is 3.02. The molecule has 3 saturated carbocycles. The van der Waals surface area contributed by atoms with E-state index in [1.165, 1.54) is 5.57 Å². The van der Waals surface area contributed by atoms with Crippen LogP contribution in [0.2, 0.25) is 0 Å². The zero-order valence-corrected chi connectivity index (χ0v) is 19.9. The van der Waals surface area contributed by atoms with E-state index in [0.717, 1.165) is 57.8 Å². The van der Waals surface area contributed by atoms with Crippen molar-refractivity contribution in [2.24, 2.45) is 28.6 Å². The van der Waals surface area contributed by atoms with Crippen molar-refractivity contribution >= 4 is 17.5 Å². The topological polar surface area (TPSA) is 60.4 Å². The second-order valence-electron chi connectivity index (χ2n) is 11.3. The Morgan fingerprint density at radius 3 is 2.48 bits per heavy atom. The van der Waals surface area contributed by atoms with Gasteiger partial charge in [-0.3, -0.25) is 14.4 Å². The van der Waals surface area contributed by atoms with Crippen LogP contribution in [-0.4, -0.2) is 23.1 Å². The molecule has 0 saturated heterocycles. The van der Waals surface area contributed by atoms with Gasteiger partial charge < -0.3 is 4.74 Å². The standard InChI is InChI=1S/C27H40O4/c1-5-6-7-8-24(30)31-27(18(2)28)16-13-23-21-10-9-19-17-20(29)11-14-25(19,3)22(21)12-15-26(23,27)4/h17,21-23H,5-16H2,1-4H3/t21-,22-,23+,25-,26+,27+/m1/s1. The normalized spacial score (nSPS) is 41.6. The lowest BCUT2D eigenvalue weighted by Crippen LogP contribution is -2.58.